The van der Waals surface area contributed by atoms with E-state index in [0.717, 1.165) is 0 Å². The van der Waals surface area contributed by atoms with Gasteiger partial charge in [-0.3, -0.25) is 53.1 Å². The summed E-state index contributed by atoms with van der Waals surface area (Å²) in [6.45, 7) is 1.53. The van der Waals surface area contributed by atoms with Crippen LogP contribution >= 0.6 is 35.3 Å². The van der Waals surface area contributed by atoms with E-state index in [1.807, 2.05) is 0 Å². The van der Waals surface area contributed by atoms with Crippen LogP contribution in [0, 0.1) is 0 Å². The fourth-order valence-electron chi connectivity index (χ4n) is 5.92. The molecule has 8 amide bonds. The Labute approximate surface area is 413 Å². The van der Waals surface area contributed by atoms with E-state index in [0.29, 0.717) is 23.7 Å². The van der Waals surface area contributed by atoms with Gasteiger partial charge >= 0.3 is 11.9 Å². The molecule has 0 rings (SSSR count). The van der Waals surface area contributed by atoms with Crippen LogP contribution in [-0.2, 0) is 47.9 Å². The van der Waals surface area contributed by atoms with Gasteiger partial charge < -0.3 is 81.8 Å². The molecule has 30 heteroatoms. The fourth-order valence-corrected chi connectivity index (χ4v) is 7.33. The van der Waals surface area contributed by atoms with Crippen LogP contribution in [0.4, 0.5) is 0 Å². The van der Waals surface area contributed by atoms with E-state index < -0.39 is 127 Å². The number of rotatable bonds is 37. The molecule has 0 radical (unpaired) electrons. The maximum absolute atomic E-state index is 13.7. The van der Waals surface area contributed by atoms with Crippen LogP contribution in [0.3, 0.4) is 0 Å². The number of carbonyl (C=O) groups is 10. The zero-order valence-electron chi connectivity index (χ0n) is 39.3. The molecule has 0 bridgehead atoms. The number of guanidine groups is 2. The number of nitrogens with two attached hydrogens (primary N) is 6. The number of carboxylic acid groups (broad SMARTS) is 2. The maximum atomic E-state index is 13.7. The predicted octanol–water partition coefficient (Wildman–Crippen LogP) is -5.08. The molecule has 0 spiro atoms. The second-order valence-electron chi connectivity index (χ2n) is 15.4. The van der Waals surface area contributed by atoms with Crippen molar-refractivity contribution in [2.24, 2.45) is 44.4 Å². The van der Waals surface area contributed by atoms with Gasteiger partial charge in [0.25, 0.3) is 0 Å². The van der Waals surface area contributed by atoms with Crippen molar-refractivity contribution >= 4 is 106 Å². The molecule has 0 unspecified atom stereocenters. The third kappa shape index (κ3) is 28.4. The molecule has 0 aliphatic carbocycles. The van der Waals surface area contributed by atoms with Crippen molar-refractivity contribution in [3.8, 4) is 0 Å². The number of hydrogen-bond acceptors (Lipinski definition) is 16. The summed E-state index contributed by atoms with van der Waals surface area (Å²) >= 11 is 4.05. The minimum Gasteiger partial charge on any atom is -0.481 e. The number of hydrogen-bond donors (Lipinski definition) is 15. The lowest BCUT2D eigenvalue weighted by molar-refractivity contribution is -0.143. The minimum absolute atomic E-state index is 0.0198. The number of aliphatic carboxylic acids is 2. The molecule has 0 saturated carbocycles. The van der Waals surface area contributed by atoms with Gasteiger partial charge in [0.15, 0.2) is 11.9 Å². The number of carboxylic acids is 2. The average molecular weight is 1040 g/mol. The Morgan fingerprint density at radius 1 is 0.478 bits per heavy atom. The molecule has 0 aliphatic rings. The molecular weight excluding hydrogens is 967 g/mol. The molecule has 0 fully saturated rings. The lowest BCUT2D eigenvalue weighted by Gasteiger charge is -2.27. The van der Waals surface area contributed by atoms with E-state index in [9.17, 15) is 58.2 Å². The van der Waals surface area contributed by atoms with Gasteiger partial charge in [-0.1, -0.05) is 0 Å². The highest BCUT2D eigenvalue weighted by Gasteiger charge is 2.34. The zero-order valence-corrected chi connectivity index (χ0v) is 41.7. The quantitative estimate of drug-likeness (QED) is 0.0157. The van der Waals surface area contributed by atoms with Crippen molar-refractivity contribution in [2.45, 2.75) is 119 Å². The van der Waals surface area contributed by atoms with E-state index in [1.165, 1.54) is 42.2 Å². The van der Waals surface area contributed by atoms with Crippen molar-refractivity contribution in [1.82, 2.24) is 37.2 Å². The summed E-state index contributed by atoms with van der Waals surface area (Å²) in [5.41, 5.74) is 32.7. The predicted molar refractivity (Wildman–Crippen MR) is 264 cm³/mol. The summed E-state index contributed by atoms with van der Waals surface area (Å²) in [7, 11) is 0. The van der Waals surface area contributed by atoms with E-state index in [1.54, 1.807) is 18.8 Å². The van der Waals surface area contributed by atoms with E-state index >= 15 is 0 Å². The lowest BCUT2D eigenvalue weighted by atomic mass is 10.1. The third-order valence-corrected chi connectivity index (χ3v) is 11.6. The summed E-state index contributed by atoms with van der Waals surface area (Å²) in [5.74, 6) is -9.14. The van der Waals surface area contributed by atoms with E-state index in [4.69, 9.17) is 34.4 Å². The van der Waals surface area contributed by atoms with Crippen molar-refractivity contribution in [3.63, 3.8) is 0 Å². The molecule has 69 heavy (non-hydrogen) atoms. The molecule has 8 atom stereocenters. The molecule has 0 aliphatic heterocycles. The van der Waals surface area contributed by atoms with Crippen molar-refractivity contribution < 1.29 is 58.2 Å². The Morgan fingerprint density at radius 3 is 1.23 bits per heavy atom. The second-order valence-corrected chi connectivity index (χ2v) is 18.3. The highest BCUT2D eigenvalue weighted by Crippen LogP contribution is 2.10. The fraction of sp³-hybridized carbons (Fsp3) is 0.692. The largest absolute Gasteiger partial charge is 0.481 e. The van der Waals surface area contributed by atoms with Crippen LogP contribution in [-0.4, -0.2) is 179 Å². The number of primary amides is 1. The van der Waals surface area contributed by atoms with Crippen LogP contribution in [0.5, 0.6) is 0 Å². The lowest BCUT2D eigenvalue weighted by Crippen LogP contribution is -2.60. The van der Waals surface area contributed by atoms with Crippen LogP contribution in [0.2, 0.25) is 0 Å². The highest BCUT2D eigenvalue weighted by atomic mass is 32.2. The molecule has 392 valence electrons. The van der Waals surface area contributed by atoms with Gasteiger partial charge in [-0.05, 0) is 94.3 Å². The number of nitrogens with zero attached hydrogens (tertiary/aromatic N) is 2. The van der Waals surface area contributed by atoms with Gasteiger partial charge in [0, 0.05) is 19.5 Å². The summed E-state index contributed by atoms with van der Waals surface area (Å²) in [6, 6.07) is -10.9. The zero-order chi connectivity index (χ0) is 52.6. The topological polar surface area (TPSA) is 476 Å². The van der Waals surface area contributed by atoms with Gasteiger partial charge in [-0.25, -0.2) is 4.79 Å². The molecular formula is C39H71N15O12S3. The summed E-state index contributed by atoms with van der Waals surface area (Å²) in [5, 5.41) is 36.2. The maximum Gasteiger partial charge on any atom is 0.326 e. The van der Waals surface area contributed by atoms with Crippen LogP contribution in [0.25, 0.3) is 0 Å². The summed E-state index contributed by atoms with van der Waals surface area (Å²) in [6.07, 6.45) is 4.29. The minimum atomic E-state index is -1.66. The number of thioether (sulfide) groups is 3. The standard InChI is InChI=1S/C39H71N15O12S3/c1-20(30(58)49-23(11-16-67-2)33(61)51-22(9-10-29(56)57)32(60)53-26(37(65)66)8-6-15-47-39(44)45)48-36(64)27(19-28(41)55)54-35(63)25(13-18-69-4)52-34(62)24(12-17-68-3)50-31(59)21(40)7-5-14-46-38(42)43/h20-27H,5-19,40H2,1-4H3,(H2,41,55)(H,48,64)(H,49,58)(H,50,59)(H,51,61)(H,52,62)(H,53,60)(H,54,63)(H,56,57)(H,65,66)(H4,42,43,46)(H4,44,45,47)/t20-,21-,22-,23-,24-,25-,26-,27-/m0/s1. The molecule has 0 saturated heterocycles. The summed E-state index contributed by atoms with van der Waals surface area (Å²) < 4.78 is 0. The first-order valence-corrected chi connectivity index (χ1v) is 25.8. The number of carbonyl (C=O) groups excluding carboxylic acids is 8. The van der Waals surface area contributed by atoms with Crippen LogP contribution < -0.4 is 71.6 Å². The average Bonchev–Trinajstić information content (AvgIpc) is 3.27. The van der Waals surface area contributed by atoms with Crippen LogP contribution in [0.15, 0.2) is 9.98 Å². The van der Waals surface area contributed by atoms with Crippen LogP contribution in [0.1, 0.15) is 71.1 Å². The molecule has 0 heterocycles. The van der Waals surface area contributed by atoms with Gasteiger partial charge in [-0.2, -0.15) is 35.3 Å². The molecule has 0 aromatic carbocycles. The smallest absolute Gasteiger partial charge is 0.326 e. The molecule has 27 nitrogen and oxygen atoms in total. The number of nitrogens with one attached hydrogen (secondary N) is 7. The first-order valence-electron chi connectivity index (χ1n) is 21.7. The Balaban J connectivity index is 6.18. The normalized spacial score (nSPS) is 14.3. The molecule has 0 aromatic heterocycles. The number of amides is 8. The third-order valence-electron chi connectivity index (χ3n) is 9.67. The Kier molecular flexibility index (Phi) is 32.4. The summed E-state index contributed by atoms with van der Waals surface area (Å²) in [4.78, 5) is 137. The Bertz CT molecular complexity index is 1790. The first kappa shape index (κ1) is 63.2. The van der Waals surface area contributed by atoms with Gasteiger partial charge in [0.05, 0.1) is 12.5 Å². The van der Waals surface area contributed by atoms with Crippen molar-refractivity contribution in [1.29, 1.82) is 0 Å². The van der Waals surface area contributed by atoms with Gasteiger partial charge in [0.1, 0.15) is 42.3 Å². The van der Waals surface area contributed by atoms with Crippen molar-refractivity contribution in [2.75, 3.05) is 49.1 Å². The van der Waals surface area contributed by atoms with E-state index in [2.05, 4.69) is 47.2 Å². The monoisotopic (exact) mass is 1040 g/mol. The second kappa shape index (κ2) is 35.4. The molecule has 0 aromatic rings. The van der Waals surface area contributed by atoms with Crippen molar-refractivity contribution in [3.05, 3.63) is 0 Å². The van der Waals surface area contributed by atoms with Gasteiger partial charge in [0.2, 0.25) is 47.3 Å². The SMILES string of the molecule is CSCC[C@H](NC(=O)[C@H](C)NC(=O)[C@H](CC(N)=O)NC(=O)[C@H](CCSC)NC(=O)[C@H](CCSC)NC(=O)[C@@H](N)CCCN=C(N)N)C(=O)N[C@@H](CCC(=O)O)C(=O)N[C@@H](CCCN=C(N)N)C(=O)O. The Morgan fingerprint density at radius 2 is 0.841 bits per heavy atom. The highest BCUT2D eigenvalue weighted by molar-refractivity contribution is 7.98. The molecule has 21 N–H and O–H groups in total. The first-order chi connectivity index (χ1) is 32.5. The number of aliphatic imine (C=N–C) groups is 2. The Hall–Kier alpha value is -5.75. The van der Waals surface area contributed by atoms with Gasteiger partial charge in [-0.15, -0.1) is 0 Å². The van der Waals surface area contributed by atoms with E-state index in [-0.39, 0.29) is 63.5 Å².